The Balaban J connectivity index is 0.00000176. The Labute approximate surface area is 140 Å². The standard InChI is InChI=1S/C17H30N2O2.ClH/c1-4-7-16(8-9-16)11-19-14(20)17(18)12-6-5-10-21-13(12)15(17,2)3;/h12-13H,4-11,18H2,1-3H3,(H,19,20);1H. The lowest BCUT2D eigenvalue weighted by Crippen LogP contribution is -2.82. The van der Waals surface area contributed by atoms with Gasteiger partial charge in [-0.1, -0.05) is 27.2 Å². The fourth-order valence-corrected chi connectivity index (χ4v) is 4.67. The number of carbonyl (C=O) groups is 1. The topological polar surface area (TPSA) is 64.4 Å². The summed E-state index contributed by atoms with van der Waals surface area (Å²) in [5, 5.41) is 3.18. The van der Waals surface area contributed by atoms with Crippen molar-refractivity contribution in [3.8, 4) is 0 Å². The maximum Gasteiger partial charge on any atom is 0.241 e. The molecule has 0 radical (unpaired) electrons. The average molecular weight is 331 g/mol. The molecule has 3 rings (SSSR count). The number of halogens is 1. The van der Waals surface area contributed by atoms with Gasteiger partial charge in [0.2, 0.25) is 5.91 Å². The van der Waals surface area contributed by atoms with Gasteiger partial charge in [-0.2, -0.15) is 0 Å². The van der Waals surface area contributed by atoms with Crippen LogP contribution in [0, 0.1) is 16.7 Å². The van der Waals surface area contributed by atoms with E-state index in [1.807, 2.05) is 0 Å². The van der Waals surface area contributed by atoms with Crippen LogP contribution in [0.15, 0.2) is 0 Å². The van der Waals surface area contributed by atoms with E-state index in [9.17, 15) is 4.79 Å². The molecule has 1 aliphatic heterocycles. The minimum Gasteiger partial charge on any atom is -0.377 e. The van der Waals surface area contributed by atoms with Crippen LogP contribution in [-0.2, 0) is 9.53 Å². The third kappa shape index (κ3) is 2.47. The lowest BCUT2D eigenvalue weighted by atomic mass is 9.46. The summed E-state index contributed by atoms with van der Waals surface area (Å²) in [6, 6.07) is 0. The van der Waals surface area contributed by atoms with Gasteiger partial charge in [0, 0.05) is 24.5 Å². The number of rotatable bonds is 5. The highest BCUT2D eigenvalue weighted by Crippen LogP contribution is 2.57. The SMILES string of the molecule is CCCC1(CNC(=O)C2(N)C3CCCOC3C2(C)C)CC1.Cl. The van der Waals surface area contributed by atoms with Crippen LogP contribution >= 0.6 is 12.4 Å². The van der Waals surface area contributed by atoms with Crippen LogP contribution in [0.25, 0.3) is 0 Å². The van der Waals surface area contributed by atoms with Crippen LogP contribution in [0.1, 0.15) is 59.3 Å². The fraction of sp³-hybridized carbons (Fsp3) is 0.941. The first-order valence-corrected chi connectivity index (χ1v) is 8.56. The van der Waals surface area contributed by atoms with E-state index in [1.165, 1.54) is 25.7 Å². The molecular formula is C17H31ClN2O2. The number of hydrogen-bond donors (Lipinski definition) is 2. The highest BCUT2D eigenvalue weighted by atomic mass is 35.5. The van der Waals surface area contributed by atoms with E-state index in [0.29, 0.717) is 5.41 Å². The first-order chi connectivity index (χ1) is 9.87. The highest BCUT2D eigenvalue weighted by Gasteiger charge is 2.70. The van der Waals surface area contributed by atoms with Gasteiger partial charge in [-0.15, -0.1) is 12.4 Å². The molecule has 1 amide bonds. The molecule has 5 heteroatoms. The molecule has 128 valence electrons. The van der Waals surface area contributed by atoms with Gasteiger partial charge < -0.3 is 15.8 Å². The van der Waals surface area contributed by atoms with Crippen molar-refractivity contribution in [2.75, 3.05) is 13.2 Å². The van der Waals surface area contributed by atoms with Gasteiger partial charge in [-0.3, -0.25) is 4.79 Å². The number of nitrogens with one attached hydrogen (secondary N) is 1. The van der Waals surface area contributed by atoms with E-state index in [0.717, 1.165) is 26.0 Å². The van der Waals surface area contributed by atoms with Gasteiger partial charge in [0.15, 0.2) is 0 Å². The molecule has 0 aromatic rings. The van der Waals surface area contributed by atoms with Crippen LogP contribution in [0.5, 0.6) is 0 Å². The lowest BCUT2D eigenvalue weighted by molar-refractivity contribution is -0.225. The first kappa shape index (κ1) is 18.0. The normalized spacial score (nSPS) is 37.3. The zero-order chi connectivity index (χ0) is 15.3. The number of nitrogens with two attached hydrogens (primary N) is 1. The Morgan fingerprint density at radius 2 is 2.05 bits per heavy atom. The maximum atomic E-state index is 12.8. The summed E-state index contributed by atoms with van der Waals surface area (Å²) in [6.07, 6.45) is 7.07. The summed E-state index contributed by atoms with van der Waals surface area (Å²) in [5.74, 6) is 0.226. The monoisotopic (exact) mass is 330 g/mol. The molecule has 2 aliphatic carbocycles. The van der Waals surface area contributed by atoms with Gasteiger partial charge in [-0.25, -0.2) is 0 Å². The van der Waals surface area contributed by atoms with E-state index in [4.69, 9.17) is 10.5 Å². The number of amides is 1. The molecule has 3 atom stereocenters. The molecule has 0 bridgehead atoms. The summed E-state index contributed by atoms with van der Waals surface area (Å²) in [5.41, 5.74) is 5.94. The van der Waals surface area contributed by atoms with Crippen LogP contribution in [0.2, 0.25) is 0 Å². The largest absolute Gasteiger partial charge is 0.377 e. The second-order valence-electron chi connectivity index (χ2n) is 8.06. The van der Waals surface area contributed by atoms with Gasteiger partial charge >= 0.3 is 0 Å². The van der Waals surface area contributed by atoms with E-state index in [1.54, 1.807) is 0 Å². The molecule has 3 fully saturated rings. The molecule has 4 nitrogen and oxygen atoms in total. The van der Waals surface area contributed by atoms with Crippen molar-refractivity contribution < 1.29 is 9.53 Å². The van der Waals surface area contributed by atoms with Crippen LogP contribution in [0.3, 0.4) is 0 Å². The Morgan fingerprint density at radius 1 is 1.36 bits per heavy atom. The summed E-state index contributed by atoms with van der Waals surface area (Å²) < 4.78 is 5.87. The molecule has 3 N–H and O–H groups in total. The zero-order valence-electron chi connectivity index (χ0n) is 14.1. The molecule has 3 unspecified atom stereocenters. The number of carbonyl (C=O) groups excluding carboxylic acids is 1. The van der Waals surface area contributed by atoms with Gasteiger partial charge in [0.1, 0.15) is 5.54 Å². The fourth-order valence-electron chi connectivity index (χ4n) is 4.67. The third-order valence-electron chi connectivity index (χ3n) is 6.42. The molecular weight excluding hydrogens is 300 g/mol. The van der Waals surface area contributed by atoms with Crippen molar-refractivity contribution in [1.29, 1.82) is 0 Å². The van der Waals surface area contributed by atoms with Crippen LogP contribution in [0.4, 0.5) is 0 Å². The predicted octanol–water partition coefficient (Wildman–Crippen LogP) is 2.64. The number of ether oxygens (including phenoxy) is 1. The smallest absolute Gasteiger partial charge is 0.241 e. The summed E-state index contributed by atoms with van der Waals surface area (Å²) in [4.78, 5) is 12.8. The van der Waals surface area contributed by atoms with Crippen molar-refractivity contribution in [3.63, 3.8) is 0 Å². The molecule has 0 aromatic carbocycles. The van der Waals surface area contributed by atoms with Gasteiger partial charge in [0.05, 0.1) is 6.10 Å². The minimum atomic E-state index is -0.764. The molecule has 0 spiro atoms. The van der Waals surface area contributed by atoms with E-state index in [-0.39, 0.29) is 35.8 Å². The maximum absolute atomic E-state index is 12.8. The van der Waals surface area contributed by atoms with Crippen molar-refractivity contribution >= 4 is 18.3 Å². The zero-order valence-corrected chi connectivity index (χ0v) is 14.9. The molecule has 22 heavy (non-hydrogen) atoms. The predicted molar refractivity (Wildman–Crippen MR) is 90.0 cm³/mol. The highest BCUT2D eigenvalue weighted by molar-refractivity contribution is 5.89. The van der Waals surface area contributed by atoms with Gasteiger partial charge in [-0.05, 0) is 37.5 Å². The Kier molecular flexibility index (Phi) is 4.88. The van der Waals surface area contributed by atoms with Crippen molar-refractivity contribution in [1.82, 2.24) is 5.32 Å². The summed E-state index contributed by atoms with van der Waals surface area (Å²) in [7, 11) is 0. The minimum absolute atomic E-state index is 0. The van der Waals surface area contributed by atoms with Gasteiger partial charge in [0.25, 0.3) is 0 Å². The van der Waals surface area contributed by atoms with E-state index < -0.39 is 5.54 Å². The van der Waals surface area contributed by atoms with E-state index in [2.05, 4.69) is 26.1 Å². The first-order valence-electron chi connectivity index (χ1n) is 8.56. The second-order valence-corrected chi connectivity index (χ2v) is 8.06. The van der Waals surface area contributed by atoms with Crippen LogP contribution in [-0.4, -0.2) is 30.7 Å². The summed E-state index contributed by atoms with van der Waals surface area (Å²) in [6.45, 7) is 7.98. The molecule has 3 aliphatic rings. The number of fused-ring (bicyclic) bond motifs is 1. The van der Waals surface area contributed by atoms with Crippen LogP contribution < -0.4 is 11.1 Å². The van der Waals surface area contributed by atoms with Crippen molar-refractivity contribution in [2.45, 2.75) is 70.9 Å². The third-order valence-corrected chi connectivity index (χ3v) is 6.42. The average Bonchev–Trinajstić information content (AvgIpc) is 3.24. The molecule has 1 heterocycles. The Bertz CT molecular complexity index is 436. The molecule has 0 aromatic heterocycles. The van der Waals surface area contributed by atoms with Crippen molar-refractivity contribution in [3.05, 3.63) is 0 Å². The molecule has 1 saturated heterocycles. The summed E-state index contributed by atoms with van der Waals surface area (Å²) >= 11 is 0. The molecule has 2 saturated carbocycles. The Hall–Kier alpha value is -0.320. The van der Waals surface area contributed by atoms with Crippen molar-refractivity contribution in [2.24, 2.45) is 22.5 Å². The van der Waals surface area contributed by atoms with E-state index >= 15 is 0 Å². The lowest BCUT2D eigenvalue weighted by Gasteiger charge is -2.65. The second kappa shape index (κ2) is 5.95. The Morgan fingerprint density at radius 3 is 2.64 bits per heavy atom. The number of hydrogen-bond acceptors (Lipinski definition) is 3. The quantitative estimate of drug-likeness (QED) is 0.814.